The summed E-state index contributed by atoms with van der Waals surface area (Å²) in [5, 5.41) is 11.4. The molecule has 0 radical (unpaired) electrons. The maximum Gasteiger partial charge on any atom is 0.279 e. The van der Waals surface area contributed by atoms with E-state index in [0.29, 0.717) is 16.0 Å². The molecule has 1 aliphatic rings. The second-order valence-corrected chi connectivity index (χ2v) is 7.24. The van der Waals surface area contributed by atoms with E-state index in [9.17, 15) is 9.59 Å². The number of nitrogens with one attached hydrogen (secondary N) is 1. The van der Waals surface area contributed by atoms with Crippen molar-refractivity contribution in [1.29, 1.82) is 0 Å². The Bertz CT molecular complexity index is 1020. The number of anilines is 1. The van der Waals surface area contributed by atoms with Crippen LogP contribution in [0.25, 0.3) is 10.2 Å². The summed E-state index contributed by atoms with van der Waals surface area (Å²) in [6.07, 6.45) is 4.12. The van der Waals surface area contributed by atoms with Gasteiger partial charge in [0.2, 0.25) is 5.91 Å². The highest BCUT2D eigenvalue weighted by atomic mass is 32.1. The van der Waals surface area contributed by atoms with E-state index in [1.165, 1.54) is 4.88 Å². The molecule has 0 bridgehead atoms. The predicted octanol–water partition coefficient (Wildman–Crippen LogP) is 2.07. The van der Waals surface area contributed by atoms with Gasteiger partial charge >= 0.3 is 0 Å². The SMILES string of the molecule is Cc1cccc(NC(=O)Cn2nnc3sc4c(c3c2=O)CCCC4)n1. The Morgan fingerprint density at radius 2 is 2.16 bits per heavy atom. The number of hydrogen-bond acceptors (Lipinski definition) is 6. The number of thiophene rings is 1. The third-order valence-corrected chi connectivity index (χ3v) is 5.47. The molecule has 0 saturated heterocycles. The molecule has 0 aliphatic heterocycles. The Hall–Kier alpha value is -2.61. The summed E-state index contributed by atoms with van der Waals surface area (Å²) in [7, 11) is 0. The molecular formula is C17H17N5O2S. The molecule has 0 spiro atoms. The predicted molar refractivity (Wildman–Crippen MR) is 95.9 cm³/mol. The Morgan fingerprint density at radius 3 is 3.00 bits per heavy atom. The number of amides is 1. The fraction of sp³-hybridized carbons (Fsp3) is 0.353. The first kappa shape index (κ1) is 15.9. The van der Waals surface area contributed by atoms with Crippen LogP contribution in [0.5, 0.6) is 0 Å². The van der Waals surface area contributed by atoms with Gasteiger partial charge in [-0.2, -0.15) is 0 Å². The number of aromatic nitrogens is 4. The van der Waals surface area contributed by atoms with Crippen LogP contribution in [-0.4, -0.2) is 25.9 Å². The molecule has 0 atom stereocenters. The summed E-state index contributed by atoms with van der Waals surface area (Å²) in [5.74, 6) is 0.109. The summed E-state index contributed by atoms with van der Waals surface area (Å²) in [4.78, 5) is 31.1. The highest BCUT2D eigenvalue weighted by Gasteiger charge is 2.21. The lowest BCUT2D eigenvalue weighted by Crippen LogP contribution is -2.30. The van der Waals surface area contributed by atoms with Gasteiger partial charge < -0.3 is 5.32 Å². The Labute approximate surface area is 147 Å². The van der Waals surface area contributed by atoms with Crippen molar-refractivity contribution in [3.63, 3.8) is 0 Å². The zero-order valence-corrected chi connectivity index (χ0v) is 14.6. The zero-order chi connectivity index (χ0) is 17.4. The van der Waals surface area contributed by atoms with Crippen LogP contribution in [-0.2, 0) is 24.2 Å². The topological polar surface area (TPSA) is 89.8 Å². The lowest BCUT2D eigenvalue weighted by atomic mass is 9.97. The molecule has 128 valence electrons. The van der Waals surface area contributed by atoms with E-state index in [1.807, 2.05) is 19.1 Å². The lowest BCUT2D eigenvalue weighted by Gasteiger charge is -2.10. The van der Waals surface area contributed by atoms with Gasteiger partial charge in [-0.3, -0.25) is 9.59 Å². The number of nitrogens with zero attached hydrogens (tertiary/aromatic N) is 4. The first-order valence-electron chi connectivity index (χ1n) is 8.23. The van der Waals surface area contributed by atoms with Crippen molar-refractivity contribution < 1.29 is 4.79 Å². The van der Waals surface area contributed by atoms with Gasteiger partial charge in [0.15, 0.2) is 4.83 Å². The largest absolute Gasteiger partial charge is 0.309 e. The van der Waals surface area contributed by atoms with Crippen LogP contribution < -0.4 is 10.9 Å². The van der Waals surface area contributed by atoms with E-state index >= 15 is 0 Å². The number of fused-ring (bicyclic) bond motifs is 3. The fourth-order valence-corrected chi connectivity index (χ4v) is 4.34. The number of rotatable bonds is 3. The molecule has 1 amide bonds. The van der Waals surface area contributed by atoms with E-state index < -0.39 is 0 Å². The Kier molecular flexibility index (Phi) is 4.04. The third kappa shape index (κ3) is 3.05. The van der Waals surface area contributed by atoms with Crippen molar-refractivity contribution in [2.75, 3.05) is 5.32 Å². The van der Waals surface area contributed by atoms with E-state index in [1.54, 1.807) is 17.4 Å². The molecule has 3 aromatic rings. The quantitative estimate of drug-likeness (QED) is 0.777. The van der Waals surface area contributed by atoms with E-state index in [0.717, 1.165) is 41.6 Å². The van der Waals surface area contributed by atoms with Gasteiger partial charge in [-0.1, -0.05) is 11.3 Å². The third-order valence-electron chi connectivity index (χ3n) is 4.29. The summed E-state index contributed by atoms with van der Waals surface area (Å²) in [6, 6.07) is 5.37. The molecule has 1 N–H and O–H groups in total. The molecule has 8 heteroatoms. The molecule has 7 nitrogen and oxygen atoms in total. The highest BCUT2D eigenvalue weighted by Crippen LogP contribution is 2.33. The van der Waals surface area contributed by atoms with E-state index in [2.05, 4.69) is 20.6 Å². The van der Waals surface area contributed by atoms with Gasteiger partial charge in [-0.15, -0.1) is 16.4 Å². The van der Waals surface area contributed by atoms with Crippen LogP contribution in [0, 0.1) is 6.92 Å². The van der Waals surface area contributed by atoms with Crippen LogP contribution >= 0.6 is 11.3 Å². The van der Waals surface area contributed by atoms with E-state index in [-0.39, 0.29) is 18.0 Å². The molecule has 3 aromatic heterocycles. The molecule has 0 aromatic carbocycles. The lowest BCUT2D eigenvalue weighted by molar-refractivity contribution is -0.117. The van der Waals surface area contributed by atoms with Gasteiger partial charge in [0.05, 0.1) is 5.39 Å². The van der Waals surface area contributed by atoms with Crippen molar-refractivity contribution in [3.05, 3.63) is 44.7 Å². The molecule has 0 unspecified atom stereocenters. The summed E-state index contributed by atoms with van der Waals surface area (Å²) in [5.41, 5.74) is 1.67. The highest BCUT2D eigenvalue weighted by molar-refractivity contribution is 7.18. The average molecular weight is 355 g/mol. The van der Waals surface area contributed by atoms with E-state index in [4.69, 9.17) is 0 Å². The number of pyridine rings is 1. The molecule has 0 saturated carbocycles. The fourth-order valence-electron chi connectivity index (χ4n) is 3.14. The van der Waals surface area contributed by atoms with Crippen molar-refractivity contribution in [1.82, 2.24) is 20.0 Å². The smallest absolute Gasteiger partial charge is 0.279 e. The van der Waals surface area contributed by atoms with Crippen molar-refractivity contribution >= 4 is 33.3 Å². The van der Waals surface area contributed by atoms with Crippen LogP contribution in [0.1, 0.15) is 29.0 Å². The normalized spacial score (nSPS) is 13.6. The molecule has 3 heterocycles. The Balaban J connectivity index is 1.62. The van der Waals surface area contributed by atoms with Crippen LogP contribution in [0.2, 0.25) is 0 Å². The number of aryl methyl sites for hydroxylation is 3. The summed E-state index contributed by atoms with van der Waals surface area (Å²) < 4.78 is 1.13. The number of carbonyl (C=O) groups excluding carboxylic acids is 1. The molecular weight excluding hydrogens is 338 g/mol. The second-order valence-electron chi connectivity index (χ2n) is 6.16. The zero-order valence-electron chi connectivity index (χ0n) is 13.8. The first-order valence-corrected chi connectivity index (χ1v) is 9.05. The molecule has 0 fully saturated rings. The number of hydrogen-bond donors (Lipinski definition) is 1. The van der Waals surface area contributed by atoms with Gasteiger partial charge in [-0.05, 0) is 50.3 Å². The number of carbonyl (C=O) groups is 1. The minimum Gasteiger partial charge on any atom is -0.309 e. The summed E-state index contributed by atoms with van der Waals surface area (Å²) >= 11 is 1.55. The van der Waals surface area contributed by atoms with Gasteiger partial charge in [-0.25, -0.2) is 9.67 Å². The van der Waals surface area contributed by atoms with Crippen LogP contribution in [0.15, 0.2) is 23.0 Å². The maximum atomic E-state index is 12.8. The van der Waals surface area contributed by atoms with Gasteiger partial charge in [0.25, 0.3) is 5.56 Å². The standard InChI is InChI=1S/C17H17N5O2S/c1-10-5-4-8-13(18-10)19-14(23)9-22-17(24)15-11-6-2-3-7-12(11)25-16(15)20-21-22/h4-5,8H,2-3,6-7,9H2,1H3,(H,18,19,23). The van der Waals surface area contributed by atoms with Crippen molar-refractivity contribution in [2.45, 2.75) is 39.2 Å². The average Bonchev–Trinajstić information content (AvgIpc) is 2.96. The van der Waals surface area contributed by atoms with Crippen molar-refractivity contribution in [2.24, 2.45) is 0 Å². The molecule has 25 heavy (non-hydrogen) atoms. The molecule has 1 aliphatic carbocycles. The van der Waals surface area contributed by atoms with Crippen molar-refractivity contribution in [3.8, 4) is 0 Å². The first-order chi connectivity index (χ1) is 12.1. The second kappa shape index (κ2) is 6.36. The van der Waals surface area contributed by atoms with Crippen LogP contribution in [0.3, 0.4) is 0 Å². The molecule has 4 rings (SSSR count). The minimum absolute atomic E-state index is 0.179. The minimum atomic E-state index is -0.349. The van der Waals surface area contributed by atoms with Crippen LogP contribution in [0.4, 0.5) is 5.82 Å². The van der Waals surface area contributed by atoms with Gasteiger partial charge in [0, 0.05) is 10.6 Å². The summed E-state index contributed by atoms with van der Waals surface area (Å²) in [6.45, 7) is 1.67. The monoisotopic (exact) mass is 355 g/mol. The Morgan fingerprint density at radius 1 is 1.32 bits per heavy atom. The van der Waals surface area contributed by atoms with Gasteiger partial charge in [0.1, 0.15) is 12.4 Å². The maximum absolute atomic E-state index is 12.8.